The van der Waals surface area contributed by atoms with E-state index in [4.69, 9.17) is 4.74 Å². The van der Waals surface area contributed by atoms with E-state index >= 15 is 0 Å². The van der Waals surface area contributed by atoms with Crippen molar-refractivity contribution in [2.45, 2.75) is 39.4 Å². The summed E-state index contributed by atoms with van der Waals surface area (Å²) in [4.78, 5) is 38.0. The first-order chi connectivity index (χ1) is 18.8. The number of rotatable bonds is 8. The second kappa shape index (κ2) is 10.6. The number of fused-ring (bicyclic) bond motifs is 2. The Morgan fingerprint density at radius 1 is 1.10 bits per heavy atom. The molecule has 0 bridgehead atoms. The van der Waals surface area contributed by atoms with Crippen molar-refractivity contribution in [2.75, 3.05) is 13.7 Å². The molecule has 0 saturated carbocycles. The van der Waals surface area contributed by atoms with Gasteiger partial charge in [0.1, 0.15) is 5.75 Å². The number of aryl methyl sites for hydroxylation is 1. The molecule has 4 aromatic rings. The van der Waals surface area contributed by atoms with Crippen molar-refractivity contribution in [3.05, 3.63) is 83.0 Å². The quantitative estimate of drug-likeness (QED) is 0.323. The topological polar surface area (TPSA) is 106 Å². The Labute approximate surface area is 226 Å². The molecule has 5 rings (SSSR count). The number of hydrogen-bond acceptors (Lipinski definition) is 5. The van der Waals surface area contributed by atoms with Crippen LogP contribution in [-0.2, 0) is 11.3 Å². The largest absolute Gasteiger partial charge is 0.497 e. The van der Waals surface area contributed by atoms with Gasteiger partial charge in [0.2, 0.25) is 6.41 Å². The second-order valence-electron chi connectivity index (χ2n) is 10.0. The number of carbonyl (C=O) groups excluding carboxylic acids is 3. The zero-order valence-electron chi connectivity index (χ0n) is 22.4. The van der Waals surface area contributed by atoms with Crippen LogP contribution in [0.15, 0.2) is 60.8 Å². The Kier molecular flexibility index (Phi) is 7.06. The molecular formula is C30H31N5O4. The van der Waals surface area contributed by atoms with Gasteiger partial charge >= 0.3 is 6.03 Å². The molecule has 2 heterocycles. The standard InChI is InChI=1S/C30H31N5O4/c1-18(2)35-28-19(3)11-23(12-24(28)14-32-35)20-5-7-21(8-6-20)27(33-30(38)31-17-36)16-34-15-22-9-10-25(39-4)13-26(22)29(34)37/h5-14,17-18,27H,15-16H2,1-4H3,(H2,31,33,36,38)/t27-/m0/s1. The first-order valence-corrected chi connectivity index (χ1v) is 12.8. The van der Waals surface area contributed by atoms with Gasteiger partial charge in [-0.15, -0.1) is 0 Å². The Hall–Kier alpha value is -4.66. The first kappa shape index (κ1) is 26.0. The van der Waals surface area contributed by atoms with Crippen molar-refractivity contribution in [1.29, 1.82) is 0 Å². The number of hydrogen-bond donors (Lipinski definition) is 2. The monoisotopic (exact) mass is 525 g/mol. The van der Waals surface area contributed by atoms with Crippen LogP contribution >= 0.6 is 0 Å². The molecule has 3 aromatic carbocycles. The Balaban J connectivity index is 1.41. The molecule has 200 valence electrons. The summed E-state index contributed by atoms with van der Waals surface area (Å²) in [5, 5.41) is 10.6. The molecular weight excluding hydrogens is 494 g/mol. The average Bonchev–Trinajstić information content (AvgIpc) is 3.50. The summed E-state index contributed by atoms with van der Waals surface area (Å²) in [6, 6.07) is 16.7. The Bertz CT molecular complexity index is 1560. The molecule has 9 nitrogen and oxygen atoms in total. The lowest BCUT2D eigenvalue weighted by Crippen LogP contribution is -2.42. The van der Waals surface area contributed by atoms with Gasteiger partial charge in [-0.2, -0.15) is 5.10 Å². The lowest BCUT2D eigenvalue weighted by Gasteiger charge is -2.25. The molecule has 0 aliphatic carbocycles. The van der Waals surface area contributed by atoms with Gasteiger partial charge in [0.05, 0.1) is 24.9 Å². The van der Waals surface area contributed by atoms with Crippen molar-refractivity contribution in [3.63, 3.8) is 0 Å². The summed E-state index contributed by atoms with van der Waals surface area (Å²) in [6.45, 7) is 6.98. The van der Waals surface area contributed by atoms with Gasteiger partial charge in [0.15, 0.2) is 0 Å². The molecule has 1 aromatic heterocycles. The van der Waals surface area contributed by atoms with Gasteiger partial charge in [-0.05, 0) is 72.9 Å². The van der Waals surface area contributed by atoms with Crippen LogP contribution < -0.4 is 15.4 Å². The van der Waals surface area contributed by atoms with Gasteiger partial charge in [-0.1, -0.05) is 30.3 Å². The maximum atomic E-state index is 13.1. The first-order valence-electron chi connectivity index (χ1n) is 12.8. The Morgan fingerprint density at radius 2 is 1.87 bits per heavy atom. The van der Waals surface area contributed by atoms with E-state index in [1.54, 1.807) is 18.1 Å². The average molecular weight is 526 g/mol. The highest BCUT2D eigenvalue weighted by molar-refractivity contribution is 5.99. The molecule has 1 aliphatic rings. The number of nitrogens with one attached hydrogen (secondary N) is 2. The molecule has 1 aliphatic heterocycles. The molecule has 39 heavy (non-hydrogen) atoms. The molecule has 9 heteroatoms. The highest BCUT2D eigenvalue weighted by Gasteiger charge is 2.30. The highest BCUT2D eigenvalue weighted by atomic mass is 16.5. The molecule has 4 amide bonds. The summed E-state index contributed by atoms with van der Waals surface area (Å²) in [5.41, 5.74) is 6.67. The normalized spacial score (nSPS) is 13.5. The third-order valence-corrected chi connectivity index (χ3v) is 7.11. The van der Waals surface area contributed by atoms with Crippen molar-refractivity contribution < 1.29 is 19.1 Å². The predicted octanol–water partition coefficient (Wildman–Crippen LogP) is 4.75. The van der Waals surface area contributed by atoms with Gasteiger partial charge < -0.3 is 15.0 Å². The summed E-state index contributed by atoms with van der Waals surface area (Å²) in [5.74, 6) is 0.485. The summed E-state index contributed by atoms with van der Waals surface area (Å²) in [6.07, 6.45) is 2.23. The van der Waals surface area contributed by atoms with Crippen molar-refractivity contribution in [1.82, 2.24) is 25.3 Å². The molecule has 0 unspecified atom stereocenters. The van der Waals surface area contributed by atoms with E-state index < -0.39 is 12.1 Å². The van der Waals surface area contributed by atoms with Crippen LogP contribution in [0.5, 0.6) is 5.75 Å². The van der Waals surface area contributed by atoms with Gasteiger partial charge in [-0.3, -0.25) is 19.6 Å². The smallest absolute Gasteiger partial charge is 0.321 e. The molecule has 1 atom stereocenters. The minimum Gasteiger partial charge on any atom is -0.497 e. The van der Waals surface area contributed by atoms with Gasteiger partial charge in [-0.25, -0.2) is 4.79 Å². The van der Waals surface area contributed by atoms with Crippen molar-refractivity contribution in [3.8, 4) is 16.9 Å². The molecule has 0 saturated heterocycles. The van der Waals surface area contributed by atoms with Crippen molar-refractivity contribution >= 4 is 29.3 Å². The fraction of sp³-hybridized carbons (Fsp3) is 0.267. The summed E-state index contributed by atoms with van der Waals surface area (Å²) >= 11 is 0. The fourth-order valence-electron chi connectivity index (χ4n) is 5.19. The lowest BCUT2D eigenvalue weighted by molar-refractivity contribution is -0.108. The maximum Gasteiger partial charge on any atom is 0.321 e. The molecule has 0 fully saturated rings. The van der Waals surface area contributed by atoms with E-state index in [1.807, 2.05) is 47.3 Å². The van der Waals surface area contributed by atoms with E-state index in [0.717, 1.165) is 38.7 Å². The van der Waals surface area contributed by atoms with E-state index in [9.17, 15) is 14.4 Å². The predicted molar refractivity (Wildman–Crippen MR) is 148 cm³/mol. The number of aromatic nitrogens is 2. The number of carbonyl (C=O) groups is 3. The SMILES string of the molecule is COc1ccc2c(c1)C(=O)N(C[C@H](NC(=O)NC=O)c1ccc(-c3cc(C)c4c(cnn4C(C)C)c3)cc1)C2. The van der Waals surface area contributed by atoms with Crippen LogP contribution in [0.3, 0.4) is 0 Å². The van der Waals surface area contributed by atoms with Gasteiger partial charge in [0.25, 0.3) is 5.91 Å². The molecule has 0 spiro atoms. The molecule has 0 radical (unpaired) electrons. The number of benzene rings is 3. The third-order valence-electron chi connectivity index (χ3n) is 7.11. The third kappa shape index (κ3) is 5.07. The van der Waals surface area contributed by atoms with Crippen molar-refractivity contribution in [2.24, 2.45) is 0 Å². The number of nitrogens with zero attached hydrogens (tertiary/aromatic N) is 3. The number of methoxy groups -OCH3 is 1. The minimum atomic E-state index is -0.631. The number of imide groups is 1. The summed E-state index contributed by atoms with van der Waals surface area (Å²) < 4.78 is 7.30. The van der Waals surface area contributed by atoms with Crippen LogP contribution in [0.4, 0.5) is 4.79 Å². The lowest BCUT2D eigenvalue weighted by atomic mass is 9.98. The van der Waals surface area contributed by atoms with E-state index in [0.29, 0.717) is 24.3 Å². The van der Waals surface area contributed by atoms with Gasteiger partial charge in [0, 0.05) is 30.1 Å². The van der Waals surface area contributed by atoms with Crippen LogP contribution in [0.2, 0.25) is 0 Å². The number of urea groups is 1. The highest BCUT2D eigenvalue weighted by Crippen LogP contribution is 2.31. The number of ether oxygens (including phenoxy) is 1. The maximum absolute atomic E-state index is 13.1. The van der Waals surface area contributed by atoms with Crippen LogP contribution in [0.25, 0.3) is 22.0 Å². The second-order valence-corrected chi connectivity index (χ2v) is 10.0. The van der Waals surface area contributed by atoms with Crippen LogP contribution in [-0.4, -0.2) is 46.7 Å². The van der Waals surface area contributed by atoms with E-state index in [2.05, 4.69) is 48.6 Å². The zero-order valence-corrected chi connectivity index (χ0v) is 22.4. The molecule has 2 N–H and O–H groups in total. The number of amides is 4. The van der Waals surface area contributed by atoms with E-state index in [-0.39, 0.29) is 18.5 Å². The zero-order chi connectivity index (χ0) is 27.7. The minimum absolute atomic E-state index is 0.131. The summed E-state index contributed by atoms with van der Waals surface area (Å²) in [7, 11) is 1.56. The fourth-order valence-corrected chi connectivity index (χ4v) is 5.19. The van der Waals surface area contributed by atoms with E-state index in [1.165, 1.54) is 0 Å². The Morgan fingerprint density at radius 3 is 2.56 bits per heavy atom. The van der Waals surface area contributed by atoms with Crippen LogP contribution in [0.1, 0.15) is 53.0 Å². The van der Waals surface area contributed by atoms with Crippen LogP contribution in [0, 0.1) is 6.92 Å².